The molecule has 1 saturated carbocycles. The van der Waals surface area contributed by atoms with Crippen molar-refractivity contribution in [3.63, 3.8) is 0 Å². The number of hydrogen-bond acceptors (Lipinski definition) is 2. The molecule has 2 atom stereocenters. The topological polar surface area (TPSA) is 54.4 Å². The van der Waals surface area contributed by atoms with Gasteiger partial charge in [-0.2, -0.15) is 8.42 Å². The molecule has 9 heavy (non-hydrogen) atoms. The summed E-state index contributed by atoms with van der Waals surface area (Å²) in [6, 6.07) is 0. The lowest BCUT2D eigenvalue weighted by Crippen LogP contribution is -2.05. The van der Waals surface area contributed by atoms with Crippen LogP contribution < -0.4 is 0 Å². The summed E-state index contributed by atoms with van der Waals surface area (Å²) in [5.41, 5.74) is 0. The molecule has 0 saturated heterocycles. The van der Waals surface area contributed by atoms with E-state index in [0.717, 1.165) is 6.42 Å². The van der Waals surface area contributed by atoms with Crippen LogP contribution in [0, 0.1) is 5.92 Å². The van der Waals surface area contributed by atoms with Crippen LogP contribution in [0.25, 0.3) is 0 Å². The quantitative estimate of drug-likeness (QED) is 0.589. The summed E-state index contributed by atoms with van der Waals surface area (Å²) in [5.74, 6) is 0.222. The first-order chi connectivity index (χ1) is 4.05. The highest BCUT2D eigenvalue weighted by molar-refractivity contribution is 7.86. The van der Waals surface area contributed by atoms with Gasteiger partial charge in [0.25, 0.3) is 10.1 Å². The van der Waals surface area contributed by atoms with E-state index in [4.69, 9.17) is 4.55 Å². The van der Waals surface area contributed by atoms with Crippen molar-refractivity contribution in [3.05, 3.63) is 0 Å². The van der Waals surface area contributed by atoms with Gasteiger partial charge in [-0.05, 0) is 12.3 Å². The summed E-state index contributed by atoms with van der Waals surface area (Å²) < 4.78 is 29.1. The van der Waals surface area contributed by atoms with Crippen LogP contribution in [-0.2, 0) is 10.1 Å². The van der Waals surface area contributed by atoms with Crippen molar-refractivity contribution < 1.29 is 13.0 Å². The maximum atomic E-state index is 10.3. The SMILES string of the molecule is CCC1CC1S(=O)(=O)O. The summed E-state index contributed by atoms with van der Waals surface area (Å²) in [6.45, 7) is 1.93. The van der Waals surface area contributed by atoms with E-state index >= 15 is 0 Å². The van der Waals surface area contributed by atoms with Gasteiger partial charge in [-0.1, -0.05) is 13.3 Å². The fourth-order valence-electron chi connectivity index (χ4n) is 1.01. The van der Waals surface area contributed by atoms with E-state index in [9.17, 15) is 8.42 Å². The van der Waals surface area contributed by atoms with Crippen LogP contribution in [0.1, 0.15) is 19.8 Å². The molecule has 0 aromatic carbocycles. The molecular formula is C5H10O3S. The van der Waals surface area contributed by atoms with Crippen LogP contribution in [-0.4, -0.2) is 18.2 Å². The molecule has 3 nitrogen and oxygen atoms in total. The minimum absolute atomic E-state index is 0.222. The highest BCUT2D eigenvalue weighted by Crippen LogP contribution is 2.38. The second-order valence-electron chi connectivity index (χ2n) is 2.46. The summed E-state index contributed by atoms with van der Waals surface area (Å²) in [7, 11) is -3.69. The fraction of sp³-hybridized carbons (Fsp3) is 1.00. The van der Waals surface area contributed by atoms with Crippen LogP contribution in [0.5, 0.6) is 0 Å². The van der Waals surface area contributed by atoms with E-state index in [1.165, 1.54) is 0 Å². The monoisotopic (exact) mass is 150 g/mol. The average molecular weight is 150 g/mol. The molecule has 0 spiro atoms. The van der Waals surface area contributed by atoms with Crippen molar-refractivity contribution in [2.75, 3.05) is 0 Å². The Morgan fingerprint density at radius 2 is 2.22 bits per heavy atom. The smallest absolute Gasteiger partial charge is 0.268 e. The minimum atomic E-state index is -3.69. The van der Waals surface area contributed by atoms with Gasteiger partial charge >= 0.3 is 0 Å². The van der Waals surface area contributed by atoms with Crippen molar-refractivity contribution in [1.29, 1.82) is 0 Å². The lowest BCUT2D eigenvalue weighted by molar-refractivity contribution is 0.478. The predicted octanol–water partition coefficient (Wildman–Crippen LogP) is 0.673. The molecule has 1 aliphatic rings. The van der Waals surface area contributed by atoms with Crippen molar-refractivity contribution in [2.45, 2.75) is 25.0 Å². The molecule has 0 heterocycles. The number of hydrogen-bond donors (Lipinski definition) is 1. The van der Waals surface area contributed by atoms with E-state index in [0.29, 0.717) is 6.42 Å². The average Bonchev–Trinajstić information content (AvgIpc) is 2.39. The van der Waals surface area contributed by atoms with Gasteiger partial charge in [-0.25, -0.2) is 0 Å². The predicted molar refractivity (Wildman–Crippen MR) is 33.7 cm³/mol. The summed E-state index contributed by atoms with van der Waals surface area (Å²) in [4.78, 5) is 0. The zero-order valence-corrected chi connectivity index (χ0v) is 6.06. The van der Waals surface area contributed by atoms with Gasteiger partial charge in [0.15, 0.2) is 0 Å². The lowest BCUT2D eigenvalue weighted by atomic mass is 10.3. The third-order valence-electron chi connectivity index (χ3n) is 1.76. The second-order valence-corrected chi connectivity index (χ2v) is 4.09. The molecule has 0 aromatic rings. The zero-order valence-electron chi connectivity index (χ0n) is 5.24. The van der Waals surface area contributed by atoms with Crippen molar-refractivity contribution in [3.8, 4) is 0 Å². The third kappa shape index (κ3) is 1.43. The summed E-state index contributed by atoms with van der Waals surface area (Å²) >= 11 is 0. The molecule has 0 aromatic heterocycles. The highest BCUT2D eigenvalue weighted by Gasteiger charge is 2.44. The Hall–Kier alpha value is -0.0900. The first-order valence-corrected chi connectivity index (χ1v) is 4.52. The second kappa shape index (κ2) is 1.95. The molecule has 0 aliphatic heterocycles. The van der Waals surface area contributed by atoms with E-state index < -0.39 is 15.4 Å². The van der Waals surface area contributed by atoms with E-state index in [1.54, 1.807) is 0 Å². The van der Waals surface area contributed by atoms with Crippen LogP contribution in [0.4, 0.5) is 0 Å². The van der Waals surface area contributed by atoms with Gasteiger partial charge in [0, 0.05) is 0 Å². The van der Waals surface area contributed by atoms with Crippen molar-refractivity contribution >= 4 is 10.1 Å². The Bertz CT molecular complexity index is 194. The largest absolute Gasteiger partial charge is 0.285 e. The Labute approximate surface area is 54.8 Å². The van der Waals surface area contributed by atoms with Crippen LogP contribution in [0.15, 0.2) is 0 Å². The standard InChI is InChI=1S/C5H10O3S/c1-2-4-3-5(4)9(6,7)8/h4-5H,2-3H2,1H3,(H,6,7,8). The molecular weight excluding hydrogens is 140 g/mol. The number of rotatable bonds is 2. The van der Waals surface area contributed by atoms with Crippen molar-refractivity contribution in [1.82, 2.24) is 0 Å². The Kier molecular flexibility index (Phi) is 1.52. The van der Waals surface area contributed by atoms with Gasteiger partial charge in [0.05, 0.1) is 5.25 Å². The molecule has 0 amide bonds. The molecule has 1 fully saturated rings. The first kappa shape index (κ1) is 7.02. The molecule has 1 rings (SSSR count). The molecule has 1 N–H and O–H groups in total. The first-order valence-electron chi connectivity index (χ1n) is 3.02. The Balaban J connectivity index is 2.53. The molecule has 1 aliphatic carbocycles. The van der Waals surface area contributed by atoms with Crippen LogP contribution in [0.2, 0.25) is 0 Å². The maximum Gasteiger partial charge on any atom is 0.268 e. The Morgan fingerprint density at radius 1 is 1.67 bits per heavy atom. The summed E-state index contributed by atoms with van der Waals surface area (Å²) in [6.07, 6.45) is 1.50. The summed E-state index contributed by atoms with van der Waals surface area (Å²) in [5, 5.41) is -0.442. The van der Waals surface area contributed by atoms with Crippen LogP contribution >= 0.6 is 0 Å². The van der Waals surface area contributed by atoms with E-state index in [2.05, 4.69) is 0 Å². The van der Waals surface area contributed by atoms with E-state index in [1.807, 2.05) is 6.92 Å². The van der Waals surface area contributed by atoms with E-state index in [-0.39, 0.29) is 5.92 Å². The highest BCUT2D eigenvalue weighted by atomic mass is 32.2. The minimum Gasteiger partial charge on any atom is -0.285 e. The Morgan fingerprint density at radius 3 is 2.33 bits per heavy atom. The van der Waals surface area contributed by atoms with Crippen LogP contribution in [0.3, 0.4) is 0 Å². The van der Waals surface area contributed by atoms with Gasteiger partial charge in [-0.3, -0.25) is 4.55 Å². The van der Waals surface area contributed by atoms with Gasteiger partial charge in [-0.15, -0.1) is 0 Å². The van der Waals surface area contributed by atoms with Gasteiger partial charge < -0.3 is 0 Å². The molecule has 4 heteroatoms. The molecule has 0 bridgehead atoms. The zero-order chi connectivity index (χ0) is 7.07. The van der Waals surface area contributed by atoms with Gasteiger partial charge in [0.1, 0.15) is 0 Å². The molecule has 54 valence electrons. The van der Waals surface area contributed by atoms with Crippen molar-refractivity contribution in [2.24, 2.45) is 5.92 Å². The molecule has 0 radical (unpaired) electrons. The molecule has 2 unspecified atom stereocenters. The van der Waals surface area contributed by atoms with Gasteiger partial charge in [0.2, 0.25) is 0 Å². The lowest BCUT2D eigenvalue weighted by Gasteiger charge is -1.89. The maximum absolute atomic E-state index is 10.3. The normalized spacial score (nSPS) is 34.4. The fourth-order valence-corrected chi connectivity index (χ4v) is 2.18. The third-order valence-corrected chi connectivity index (χ3v) is 3.11.